The molecule has 6 heteroatoms. The zero-order valence-electron chi connectivity index (χ0n) is 10.2. The number of benzene rings is 1. The lowest BCUT2D eigenvalue weighted by Crippen LogP contribution is -2.15. The van der Waals surface area contributed by atoms with Gasteiger partial charge in [-0.15, -0.1) is 0 Å². The molecule has 0 saturated heterocycles. The molecular formula is C13H13N3O3. The van der Waals surface area contributed by atoms with Gasteiger partial charge in [-0.3, -0.25) is 10.1 Å². The molecule has 1 heterocycles. The lowest BCUT2D eigenvalue weighted by molar-refractivity contribution is -0.384. The Balaban J connectivity index is 1.83. The van der Waals surface area contributed by atoms with Crippen molar-refractivity contribution in [2.45, 2.75) is 25.4 Å². The van der Waals surface area contributed by atoms with E-state index in [4.69, 9.17) is 4.52 Å². The molecule has 0 radical (unpaired) electrons. The van der Waals surface area contributed by atoms with Crippen LogP contribution in [0.3, 0.4) is 0 Å². The summed E-state index contributed by atoms with van der Waals surface area (Å²) in [4.78, 5) is 10.5. The van der Waals surface area contributed by atoms with Gasteiger partial charge in [0.25, 0.3) is 5.69 Å². The normalized spacial score (nSPS) is 14.5. The first-order valence-corrected chi connectivity index (χ1v) is 6.17. The van der Waals surface area contributed by atoms with Gasteiger partial charge in [-0.1, -0.05) is 17.3 Å². The highest BCUT2D eigenvalue weighted by atomic mass is 16.6. The number of nitro groups is 1. The third kappa shape index (κ3) is 2.63. The summed E-state index contributed by atoms with van der Waals surface area (Å²) in [5, 5.41) is 18.2. The highest BCUT2D eigenvalue weighted by molar-refractivity contribution is 5.69. The van der Waals surface area contributed by atoms with E-state index < -0.39 is 4.92 Å². The van der Waals surface area contributed by atoms with Crippen LogP contribution in [0.1, 0.15) is 18.5 Å². The van der Waals surface area contributed by atoms with Gasteiger partial charge in [-0.25, -0.2) is 0 Å². The van der Waals surface area contributed by atoms with E-state index in [0.29, 0.717) is 23.9 Å². The minimum atomic E-state index is -0.417. The fraction of sp³-hybridized carbons (Fsp3) is 0.308. The van der Waals surface area contributed by atoms with Gasteiger partial charge in [0.15, 0.2) is 5.76 Å². The van der Waals surface area contributed by atoms with Gasteiger partial charge in [0.2, 0.25) is 0 Å². The molecular weight excluding hydrogens is 246 g/mol. The Labute approximate surface area is 109 Å². The van der Waals surface area contributed by atoms with Crippen molar-refractivity contribution in [2.75, 3.05) is 0 Å². The molecule has 3 rings (SSSR count). The zero-order valence-corrected chi connectivity index (χ0v) is 10.2. The standard InChI is InChI=1S/C13H13N3O3/c17-16(18)12-4-2-1-3-11(12)13-7-10(15-19-13)8-14-9-5-6-9/h1-4,7,9,14H,5-6,8H2. The topological polar surface area (TPSA) is 81.2 Å². The Kier molecular flexibility index (Phi) is 3.00. The summed E-state index contributed by atoms with van der Waals surface area (Å²) in [5.41, 5.74) is 1.25. The molecule has 0 spiro atoms. The van der Waals surface area contributed by atoms with Gasteiger partial charge in [-0.05, 0) is 18.9 Å². The fourth-order valence-corrected chi connectivity index (χ4v) is 1.90. The van der Waals surface area contributed by atoms with E-state index in [0.717, 1.165) is 5.69 Å². The predicted molar refractivity (Wildman–Crippen MR) is 68.5 cm³/mol. The van der Waals surface area contributed by atoms with Gasteiger partial charge < -0.3 is 9.84 Å². The summed E-state index contributed by atoms with van der Waals surface area (Å²) in [6, 6.07) is 8.83. The van der Waals surface area contributed by atoms with Crippen LogP contribution in [-0.2, 0) is 6.54 Å². The third-order valence-electron chi connectivity index (χ3n) is 3.07. The maximum atomic E-state index is 11.0. The first-order chi connectivity index (χ1) is 9.24. The second-order valence-corrected chi connectivity index (χ2v) is 4.61. The summed E-state index contributed by atoms with van der Waals surface area (Å²) >= 11 is 0. The Morgan fingerprint density at radius 3 is 2.95 bits per heavy atom. The van der Waals surface area contributed by atoms with Gasteiger partial charge >= 0.3 is 0 Å². The van der Waals surface area contributed by atoms with Crippen LogP contribution < -0.4 is 5.32 Å². The van der Waals surface area contributed by atoms with Crippen molar-refractivity contribution in [1.82, 2.24) is 10.5 Å². The van der Waals surface area contributed by atoms with Gasteiger partial charge in [0.1, 0.15) is 0 Å². The average molecular weight is 259 g/mol. The molecule has 1 aliphatic carbocycles. The second kappa shape index (κ2) is 4.81. The van der Waals surface area contributed by atoms with E-state index in [2.05, 4.69) is 10.5 Å². The second-order valence-electron chi connectivity index (χ2n) is 4.61. The molecule has 0 aliphatic heterocycles. The molecule has 0 unspecified atom stereocenters. The van der Waals surface area contributed by atoms with Crippen molar-refractivity contribution < 1.29 is 9.45 Å². The number of nitrogens with one attached hydrogen (secondary N) is 1. The van der Waals surface area contributed by atoms with Crippen LogP contribution in [0, 0.1) is 10.1 Å². The Morgan fingerprint density at radius 1 is 1.42 bits per heavy atom. The molecule has 1 N–H and O–H groups in total. The summed E-state index contributed by atoms with van der Waals surface area (Å²) < 4.78 is 5.20. The molecule has 1 aromatic carbocycles. The van der Waals surface area contributed by atoms with Gasteiger partial charge in [0, 0.05) is 24.7 Å². The van der Waals surface area contributed by atoms with E-state index in [9.17, 15) is 10.1 Å². The number of nitro benzene ring substituents is 1. The smallest absolute Gasteiger partial charge is 0.280 e. The number of rotatable bonds is 5. The van der Waals surface area contributed by atoms with Crippen molar-refractivity contribution in [2.24, 2.45) is 0 Å². The van der Waals surface area contributed by atoms with Crippen LogP contribution in [0.2, 0.25) is 0 Å². The van der Waals surface area contributed by atoms with Crippen LogP contribution in [0.25, 0.3) is 11.3 Å². The van der Waals surface area contributed by atoms with Crippen molar-refractivity contribution in [3.05, 3.63) is 46.1 Å². The van der Waals surface area contributed by atoms with Crippen molar-refractivity contribution in [3.63, 3.8) is 0 Å². The highest BCUT2D eigenvalue weighted by Gasteiger charge is 2.22. The van der Waals surface area contributed by atoms with Gasteiger partial charge in [0.05, 0.1) is 16.2 Å². The van der Waals surface area contributed by atoms with Crippen LogP contribution in [-0.4, -0.2) is 16.1 Å². The Morgan fingerprint density at radius 2 is 2.21 bits per heavy atom. The molecule has 6 nitrogen and oxygen atoms in total. The molecule has 2 aromatic rings. The fourth-order valence-electron chi connectivity index (χ4n) is 1.90. The maximum absolute atomic E-state index is 11.0. The first kappa shape index (κ1) is 11.9. The largest absolute Gasteiger partial charge is 0.356 e. The van der Waals surface area contributed by atoms with E-state index in [1.807, 2.05) is 0 Å². The van der Waals surface area contributed by atoms with Crippen molar-refractivity contribution in [1.29, 1.82) is 0 Å². The minimum Gasteiger partial charge on any atom is -0.356 e. The lowest BCUT2D eigenvalue weighted by Gasteiger charge is -1.97. The molecule has 98 valence electrons. The number of para-hydroxylation sites is 1. The predicted octanol–water partition coefficient (Wildman–Crippen LogP) is 2.50. The van der Waals surface area contributed by atoms with Crippen LogP contribution in [0.5, 0.6) is 0 Å². The number of hydrogen-bond donors (Lipinski definition) is 1. The van der Waals surface area contributed by atoms with Gasteiger partial charge in [-0.2, -0.15) is 0 Å². The summed E-state index contributed by atoms with van der Waals surface area (Å²) in [6.07, 6.45) is 2.41. The molecule has 1 aliphatic rings. The summed E-state index contributed by atoms with van der Waals surface area (Å²) in [6.45, 7) is 0.634. The molecule has 19 heavy (non-hydrogen) atoms. The van der Waals surface area contributed by atoms with Crippen LogP contribution in [0.15, 0.2) is 34.9 Å². The van der Waals surface area contributed by atoms with Crippen LogP contribution >= 0.6 is 0 Å². The first-order valence-electron chi connectivity index (χ1n) is 6.17. The molecule has 0 bridgehead atoms. The zero-order chi connectivity index (χ0) is 13.2. The SMILES string of the molecule is O=[N+]([O-])c1ccccc1-c1cc(CNC2CC2)no1. The quantitative estimate of drug-likeness (QED) is 0.659. The van der Waals surface area contributed by atoms with E-state index in [1.165, 1.54) is 18.9 Å². The van der Waals surface area contributed by atoms with Crippen LogP contribution in [0.4, 0.5) is 5.69 Å². The van der Waals surface area contributed by atoms with E-state index in [1.54, 1.807) is 24.3 Å². The number of aromatic nitrogens is 1. The Bertz CT molecular complexity index is 605. The molecule has 1 aromatic heterocycles. The summed E-state index contributed by atoms with van der Waals surface area (Å²) in [7, 11) is 0. The minimum absolute atomic E-state index is 0.0281. The van der Waals surface area contributed by atoms with Crippen molar-refractivity contribution >= 4 is 5.69 Å². The van der Waals surface area contributed by atoms with E-state index in [-0.39, 0.29) is 5.69 Å². The molecule has 1 fully saturated rings. The van der Waals surface area contributed by atoms with E-state index >= 15 is 0 Å². The molecule has 1 saturated carbocycles. The highest BCUT2D eigenvalue weighted by Crippen LogP contribution is 2.30. The molecule has 0 amide bonds. The monoisotopic (exact) mass is 259 g/mol. The Hall–Kier alpha value is -2.21. The van der Waals surface area contributed by atoms with Crippen molar-refractivity contribution in [3.8, 4) is 11.3 Å². The molecule has 0 atom stereocenters. The maximum Gasteiger partial charge on any atom is 0.280 e. The number of hydrogen-bond acceptors (Lipinski definition) is 5. The third-order valence-corrected chi connectivity index (χ3v) is 3.07. The average Bonchev–Trinajstić information content (AvgIpc) is 3.13. The lowest BCUT2D eigenvalue weighted by atomic mass is 10.1. The summed E-state index contributed by atoms with van der Waals surface area (Å²) in [5.74, 6) is 0.430. The number of nitrogens with zero attached hydrogens (tertiary/aromatic N) is 2.